The number of carbonyl (C=O) groups is 1. The van der Waals surface area contributed by atoms with Crippen LogP contribution in [0.2, 0.25) is 0 Å². The number of H-pyrrole nitrogens is 2. The molecule has 0 radical (unpaired) electrons. The summed E-state index contributed by atoms with van der Waals surface area (Å²) in [5.41, 5.74) is 3.93. The van der Waals surface area contributed by atoms with Gasteiger partial charge in [0, 0.05) is 34.4 Å². The van der Waals surface area contributed by atoms with Crippen LogP contribution >= 0.6 is 11.3 Å². The summed E-state index contributed by atoms with van der Waals surface area (Å²) in [4.78, 5) is 27.4. The summed E-state index contributed by atoms with van der Waals surface area (Å²) in [5.74, 6) is 1.21. The second kappa shape index (κ2) is 8.50. The average molecular weight is 470 g/mol. The summed E-state index contributed by atoms with van der Waals surface area (Å²) in [6.07, 6.45) is 1.19. The summed E-state index contributed by atoms with van der Waals surface area (Å²) >= 11 is 1.68. The molecule has 0 saturated heterocycles. The smallest absolute Gasteiger partial charge is 0.270 e. The Bertz CT molecular complexity index is 1420. The maximum Gasteiger partial charge on any atom is 0.270 e. The molecule has 2 aromatic heterocycles. The van der Waals surface area contributed by atoms with E-state index < -0.39 is 5.92 Å². The van der Waals surface area contributed by atoms with E-state index in [9.17, 15) is 9.59 Å². The minimum Gasteiger partial charge on any atom is -0.489 e. The Morgan fingerprint density at radius 1 is 0.912 bits per heavy atom. The summed E-state index contributed by atoms with van der Waals surface area (Å²) < 4.78 is 5.93. The molecule has 4 aromatic rings. The Morgan fingerprint density at radius 3 is 2.50 bits per heavy atom. The molecule has 170 valence electrons. The molecular formula is C27H23N3O3S. The quantitative estimate of drug-likeness (QED) is 0.370. The van der Waals surface area contributed by atoms with E-state index in [-0.39, 0.29) is 17.3 Å². The topological polar surface area (TPSA) is 87.0 Å². The highest BCUT2D eigenvalue weighted by Crippen LogP contribution is 2.47. The van der Waals surface area contributed by atoms with E-state index in [1.807, 2.05) is 66.0 Å². The zero-order chi connectivity index (χ0) is 23.1. The molecule has 0 amide bonds. The standard InChI is InChI=1S/C27H23N3O3S/c31-21-14-18(22-7-4-12-34-22)13-20-24(21)23(25-26(28-20)29-30-27(25)32)17-8-10-19(11-9-17)33-15-16-5-2-1-3-6-16/h1-12,18,23H,13-15H2,(H3,28,29,30,32). The van der Waals surface area contributed by atoms with E-state index in [0.717, 1.165) is 29.0 Å². The first-order valence-electron chi connectivity index (χ1n) is 11.3. The van der Waals surface area contributed by atoms with Gasteiger partial charge < -0.3 is 10.1 Å². The zero-order valence-electron chi connectivity index (χ0n) is 18.3. The number of allylic oxidation sites excluding steroid dienone is 2. The number of ketones is 1. The van der Waals surface area contributed by atoms with Gasteiger partial charge in [0.15, 0.2) is 5.78 Å². The number of anilines is 1. The Kier molecular flexibility index (Phi) is 5.19. The van der Waals surface area contributed by atoms with Gasteiger partial charge in [0.2, 0.25) is 0 Å². The van der Waals surface area contributed by atoms with Crippen molar-refractivity contribution in [3.8, 4) is 5.75 Å². The van der Waals surface area contributed by atoms with Crippen molar-refractivity contribution in [1.29, 1.82) is 0 Å². The number of thiophene rings is 1. The minimum absolute atomic E-state index is 0.0906. The van der Waals surface area contributed by atoms with Gasteiger partial charge in [-0.2, -0.15) is 0 Å². The largest absolute Gasteiger partial charge is 0.489 e. The number of rotatable bonds is 5. The molecule has 7 heteroatoms. The van der Waals surface area contributed by atoms with Gasteiger partial charge in [-0.15, -0.1) is 11.3 Å². The van der Waals surface area contributed by atoms with Gasteiger partial charge in [-0.25, -0.2) is 0 Å². The average Bonchev–Trinajstić information content (AvgIpc) is 3.53. The molecule has 0 fully saturated rings. The lowest BCUT2D eigenvalue weighted by Crippen LogP contribution is -2.31. The summed E-state index contributed by atoms with van der Waals surface area (Å²) in [7, 11) is 0. The minimum atomic E-state index is -0.416. The van der Waals surface area contributed by atoms with E-state index >= 15 is 0 Å². The lowest BCUT2D eigenvalue weighted by atomic mass is 9.74. The molecule has 6 rings (SSSR count). The first-order valence-corrected chi connectivity index (χ1v) is 12.2. The molecule has 0 spiro atoms. The van der Waals surface area contributed by atoms with Crippen LogP contribution in [0.25, 0.3) is 0 Å². The van der Waals surface area contributed by atoms with Crippen LogP contribution in [-0.4, -0.2) is 16.0 Å². The number of hydrogen-bond donors (Lipinski definition) is 3. The van der Waals surface area contributed by atoms with Crippen LogP contribution in [0.5, 0.6) is 5.75 Å². The molecular weight excluding hydrogens is 446 g/mol. The van der Waals surface area contributed by atoms with Crippen molar-refractivity contribution in [3.05, 3.63) is 115 Å². The molecule has 2 aliphatic rings. The first-order chi connectivity index (χ1) is 16.7. The maximum absolute atomic E-state index is 13.4. The van der Waals surface area contributed by atoms with Crippen LogP contribution in [0.4, 0.5) is 5.82 Å². The molecule has 1 aliphatic carbocycles. The Hall–Kier alpha value is -3.84. The summed E-state index contributed by atoms with van der Waals surface area (Å²) in [6, 6.07) is 21.8. The molecule has 0 saturated carbocycles. The highest BCUT2D eigenvalue weighted by molar-refractivity contribution is 7.10. The molecule has 3 N–H and O–H groups in total. The van der Waals surface area contributed by atoms with E-state index in [4.69, 9.17) is 4.74 Å². The number of aromatic amines is 2. The van der Waals surface area contributed by atoms with Crippen LogP contribution in [-0.2, 0) is 11.4 Å². The van der Waals surface area contributed by atoms with Gasteiger partial charge in [-0.1, -0.05) is 48.5 Å². The zero-order valence-corrected chi connectivity index (χ0v) is 19.2. The fraction of sp³-hybridized carbons (Fsp3) is 0.185. The van der Waals surface area contributed by atoms with E-state index in [0.29, 0.717) is 30.0 Å². The molecule has 1 aliphatic heterocycles. The number of Topliss-reactive ketones (excluding diaryl/α,β-unsaturated/α-hetero) is 1. The number of carbonyl (C=O) groups excluding carboxylic acids is 1. The van der Waals surface area contributed by atoms with Crippen molar-refractivity contribution in [2.24, 2.45) is 0 Å². The van der Waals surface area contributed by atoms with Crippen LogP contribution in [0.15, 0.2) is 88.2 Å². The van der Waals surface area contributed by atoms with Gasteiger partial charge in [0.25, 0.3) is 5.56 Å². The molecule has 6 nitrogen and oxygen atoms in total. The van der Waals surface area contributed by atoms with Gasteiger partial charge in [0.05, 0.1) is 5.56 Å². The van der Waals surface area contributed by atoms with Crippen molar-refractivity contribution >= 4 is 22.9 Å². The van der Waals surface area contributed by atoms with Crippen LogP contribution in [0.3, 0.4) is 0 Å². The fourth-order valence-corrected chi connectivity index (χ4v) is 5.81. The predicted molar refractivity (Wildman–Crippen MR) is 132 cm³/mol. The third kappa shape index (κ3) is 3.68. The maximum atomic E-state index is 13.4. The number of nitrogens with one attached hydrogen (secondary N) is 3. The van der Waals surface area contributed by atoms with Crippen molar-refractivity contribution in [1.82, 2.24) is 10.2 Å². The van der Waals surface area contributed by atoms with Gasteiger partial charge in [-0.05, 0) is 41.1 Å². The molecule has 2 atom stereocenters. The Balaban J connectivity index is 1.33. The van der Waals surface area contributed by atoms with E-state index in [1.165, 1.54) is 4.88 Å². The number of hydrogen-bond acceptors (Lipinski definition) is 5. The highest BCUT2D eigenvalue weighted by atomic mass is 32.1. The summed E-state index contributed by atoms with van der Waals surface area (Å²) in [6.45, 7) is 0.479. The van der Waals surface area contributed by atoms with Crippen molar-refractivity contribution < 1.29 is 9.53 Å². The van der Waals surface area contributed by atoms with E-state index in [2.05, 4.69) is 21.6 Å². The number of fused-ring (bicyclic) bond motifs is 1. The summed E-state index contributed by atoms with van der Waals surface area (Å²) in [5, 5.41) is 11.0. The molecule has 2 aromatic carbocycles. The van der Waals surface area contributed by atoms with Gasteiger partial charge >= 0.3 is 0 Å². The fourth-order valence-electron chi connectivity index (χ4n) is 4.98. The van der Waals surface area contributed by atoms with Crippen molar-refractivity contribution in [2.75, 3.05) is 5.32 Å². The molecule has 2 unspecified atom stereocenters. The monoisotopic (exact) mass is 469 g/mol. The lowest BCUT2D eigenvalue weighted by Gasteiger charge is -2.34. The normalized spacial score (nSPS) is 19.4. The first kappa shape index (κ1) is 20.7. The van der Waals surface area contributed by atoms with Crippen LogP contribution < -0.4 is 15.6 Å². The third-order valence-electron chi connectivity index (χ3n) is 6.58. The number of aromatic nitrogens is 2. The Morgan fingerprint density at radius 2 is 1.74 bits per heavy atom. The predicted octanol–water partition coefficient (Wildman–Crippen LogP) is 5.30. The van der Waals surface area contributed by atoms with Gasteiger partial charge in [-0.3, -0.25) is 19.8 Å². The highest BCUT2D eigenvalue weighted by Gasteiger charge is 2.40. The number of ether oxygens (including phenoxy) is 1. The number of benzene rings is 2. The second-order valence-corrected chi connectivity index (χ2v) is 9.68. The molecule has 0 bridgehead atoms. The molecule has 3 heterocycles. The van der Waals surface area contributed by atoms with E-state index in [1.54, 1.807) is 11.3 Å². The SMILES string of the molecule is O=C1CC(c2cccs2)CC2=C1C(c1ccc(OCc3ccccc3)cc1)c1c([nH][nH]c1=O)N2. The van der Waals surface area contributed by atoms with Gasteiger partial charge in [0.1, 0.15) is 18.2 Å². The third-order valence-corrected chi connectivity index (χ3v) is 7.62. The molecule has 34 heavy (non-hydrogen) atoms. The lowest BCUT2D eigenvalue weighted by molar-refractivity contribution is -0.116. The van der Waals surface area contributed by atoms with Crippen LogP contribution in [0.1, 0.15) is 46.2 Å². The van der Waals surface area contributed by atoms with Crippen molar-refractivity contribution in [3.63, 3.8) is 0 Å². The second-order valence-electron chi connectivity index (χ2n) is 8.71. The van der Waals surface area contributed by atoms with Crippen LogP contribution in [0, 0.1) is 0 Å². The Labute approximate surface area is 200 Å². The van der Waals surface area contributed by atoms with Crippen molar-refractivity contribution in [2.45, 2.75) is 31.3 Å².